The first-order valence-corrected chi connectivity index (χ1v) is 8.54. The van der Waals surface area contributed by atoms with Crippen molar-refractivity contribution in [2.75, 3.05) is 6.79 Å². The zero-order valence-corrected chi connectivity index (χ0v) is 14.2. The molecule has 1 N–H and O–H groups in total. The highest BCUT2D eigenvalue weighted by molar-refractivity contribution is 5.94. The minimum absolute atomic E-state index is 0.0730. The molecule has 27 heavy (non-hydrogen) atoms. The zero-order valence-electron chi connectivity index (χ0n) is 14.2. The van der Waals surface area contributed by atoms with Gasteiger partial charge in [-0.25, -0.2) is 4.79 Å². The lowest BCUT2D eigenvalue weighted by Crippen LogP contribution is -2.09. The van der Waals surface area contributed by atoms with Gasteiger partial charge in [-0.2, -0.15) is 0 Å². The van der Waals surface area contributed by atoms with Crippen molar-refractivity contribution in [1.82, 2.24) is 0 Å². The van der Waals surface area contributed by atoms with Gasteiger partial charge in [-0.05, 0) is 60.4 Å². The topological polar surface area (TPSA) is 86.0 Å². The molecule has 0 spiro atoms. The third-order valence-corrected chi connectivity index (χ3v) is 4.90. The smallest absolute Gasteiger partial charge is 0.335 e. The highest BCUT2D eigenvalue weighted by atomic mass is 16.7. The van der Waals surface area contributed by atoms with E-state index in [4.69, 9.17) is 19.0 Å². The largest absolute Gasteiger partial charge is 0.478 e. The van der Waals surface area contributed by atoms with Crippen LogP contribution in [0.1, 0.15) is 33.7 Å². The Kier molecular flexibility index (Phi) is 3.33. The third kappa shape index (κ3) is 2.49. The highest BCUT2D eigenvalue weighted by Crippen LogP contribution is 2.37. The molecule has 1 aliphatic carbocycles. The molecule has 0 bridgehead atoms. The molecule has 0 amide bonds. The Morgan fingerprint density at radius 2 is 1.89 bits per heavy atom. The van der Waals surface area contributed by atoms with Gasteiger partial charge in [-0.15, -0.1) is 0 Å². The molecule has 134 valence electrons. The van der Waals surface area contributed by atoms with Crippen LogP contribution in [0.4, 0.5) is 0 Å². The Balaban J connectivity index is 1.62. The van der Waals surface area contributed by atoms with E-state index in [2.05, 4.69) is 0 Å². The standard InChI is InChI=1S/C21H14O6/c22-19-14-4-2-12(7-11-1-5-17-18(8-11)26-10-25-17)20(14)27-16-6-3-13(21(23)24)9-15(16)19/h1,3,5-9H,2,4,10H2,(H,23,24)/b12-7-. The summed E-state index contributed by atoms with van der Waals surface area (Å²) in [6.07, 6.45) is 3.24. The van der Waals surface area contributed by atoms with Crippen LogP contribution in [0.15, 0.2) is 45.6 Å². The summed E-state index contributed by atoms with van der Waals surface area (Å²) in [5, 5.41) is 9.44. The number of carbonyl (C=O) groups is 1. The van der Waals surface area contributed by atoms with Crippen LogP contribution < -0.4 is 14.9 Å². The monoisotopic (exact) mass is 362 g/mol. The second kappa shape index (κ2) is 5.74. The molecule has 1 aromatic heterocycles. The average Bonchev–Trinajstić information content (AvgIpc) is 3.28. The van der Waals surface area contributed by atoms with E-state index in [1.165, 1.54) is 18.2 Å². The van der Waals surface area contributed by atoms with Gasteiger partial charge < -0.3 is 19.0 Å². The van der Waals surface area contributed by atoms with E-state index in [9.17, 15) is 9.59 Å². The van der Waals surface area contributed by atoms with Crippen molar-refractivity contribution in [2.24, 2.45) is 0 Å². The SMILES string of the molecule is O=C(O)c1ccc2oc3c(c(=O)c2c1)CC/C3=C/c1ccc2c(c1)OCO2. The summed E-state index contributed by atoms with van der Waals surface area (Å²) in [6.45, 7) is 0.220. The first kappa shape index (κ1) is 15.7. The van der Waals surface area contributed by atoms with Gasteiger partial charge in [0.2, 0.25) is 6.79 Å². The lowest BCUT2D eigenvalue weighted by atomic mass is 10.1. The van der Waals surface area contributed by atoms with Crippen molar-refractivity contribution >= 4 is 28.6 Å². The van der Waals surface area contributed by atoms with Gasteiger partial charge >= 0.3 is 5.97 Å². The summed E-state index contributed by atoms with van der Waals surface area (Å²) in [6, 6.07) is 10.0. The van der Waals surface area contributed by atoms with Gasteiger partial charge in [-0.3, -0.25) is 4.79 Å². The van der Waals surface area contributed by atoms with Crippen LogP contribution in [-0.4, -0.2) is 17.9 Å². The molecule has 2 aromatic carbocycles. The lowest BCUT2D eigenvalue weighted by molar-refractivity contribution is 0.0697. The average molecular weight is 362 g/mol. The molecule has 1 aliphatic heterocycles. The summed E-state index contributed by atoms with van der Waals surface area (Å²) in [5.74, 6) is 0.924. The van der Waals surface area contributed by atoms with Crippen LogP contribution in [0.25, 0.3) is 22.6 Å². The van der Waals surface area contributed by atoms with Crippen LogP contribution in [0, 0.1) is 0 Å². The van der Waals surface area contributed by atoms with E-state index in [1.807, 2.05) is 24.3 Å². The fraction of sp³-hybridized carbons (Fsp3) is 0.143. The number of carboxylic acid groups (broad SMARTS) is 1. The number of benzene rings is 2. The molecule has 6 nitrogen and oxygen atoms in total. The van der Waals surface area contributed by atoms with E-state index < -0.39 is 5.97 Å². The molecule has 5 rings (SSSR count). The maximum Gasteiger partial charge on any atom is 0.335 e. The Morgan fingerprint density at radius 1 is 1.04 bits per heavy atom. The van der Waals surface area contributed by atoms with Crippen LogP contribution in [0.2, 0.25) is 0 Å². The molecule has 0 atom stereocenters. The molecule has 0 unspecified atom stereocenters. The minimum Gasteiger partial charge on any atom is -0.478 e. The van der Waals surface area contributed by atoms with Crippen LogP contribution >= 0.6 is 0 Å². The second-order valence-electron chi connectivity index (χ2n) is 6.54. The Labute approximate surface area is 153 Å². The normalized spacial score (nSPS) is 16.1. The Hall–Kier alpha value is -3.54. The van der Waals surface area contributed by atoms with Gasteiger partial charge in [0.15, 0.2) is 16.9 Å². The molecular formula is C21H14O6. The number of carboxylic acids is 1. The van der Waals surface area contributed by atoms with Crippen molar-refractivity contribution < 1.29 is 23.8 Å². The number of ether oxygens (including phenoxy) is 2. The number of allylic oxidation sites excluding steroid dienone is 1. The van der Waals surface area contributed by atoms with Crippen LogP contribution in [0.3, 0.4) is 0 Å². The number of fused-ring (bicyclic) bond motifs is 3. The molecule has 6 heteroatoms. The van der Waals surface area contributed by atoms with Crippen molar-refractivity contribution in [3.63, 3.8) is 0 Å². The first-order valence-electron chi connectivity index (χ1n) is 8.54. The van der Waals surface area contributed by atoms with Crippen molar-refractivity contribution in [3.8, 4) is 11.5 Å². The third-order valence-electron chi connectivity index (χ3n) is 4.90. The van der Waals surface area contributed by atoms with Crippen LogP contribution in [0.5, 0.6) is 11.5 Å². The fourth-order valence-corrected chi connectivity index (χ4v) is 3.57. The number of hydrogen-bond donors (Lipinski definition) is 1. The van der Waals surface area contributed by atoms with E-state index in [-0.39, 0.29) is 17.8 Å². The van der Waals surface area contributed by atoms with Crippen molar-refractivity contribution in [1.29, 1.82) is 0 Å². The maximum absolute atomic E-state index is 12.8. The van der Waals surface area contributed by atoms with Gasteiger partial charge in [0.25, 0.3) is 0 Å². The first-order chi connectivity index (χ1) is 13.1. The lowest BCUT2D eigenvalue weighted by Gasteiger charge is -2.05. The van der Waals surface area contributed by atoms with Crippen molar-refractivity contribution in [3.05, 3.63) is 69.1 Å². The minimum atomic E-state index is -1.07. The number of hydrogen-bond acceptors (Lipinski definition) is 5. The molecule has 0 saturated carbocycles. The summed E-state index contributed by atoms with van der Waals surface area (Å²) in [5.41, 5.74) is 2.77. The number of rotatable bonds is 2. The predicted molar refractivity (Wildman–Crippen MR) is 98.2 cm³/mol. The van der Waals surface area contributed by atoms with Crippen LogP contribution in [-0.2, 0) is 6.42 Å². The van der Waals surface area contributed by atoms with Crippen molar-refractivity contribution in [2.45, 2.75) is 12.8 Å². The molecule has 0 radical (unpaired) electrons. The van der Waals surface area contributed by atoms with E-state index in [0.29, 0.717) is 40.9 Å². The summed E-state index contributed by atoms with van der Waals surface area (Å²) >= 11 is 0. The van der Waals surface area contributed by atoms with Gasteiger partial charge in [0.05, 0.1) is 10.9 Å². The van der Waals surface area contributed by atoms with E-state index >= 15 is 0 Å². The number of aromatic carboxylic acids is 1. The maximum atomic E-state index is 12.8. The fourth-order valence-electron chi connectivity index (χ4n) is 3.57. The highest BCUT2D eigenvalue weighted by Gasteiger charge is 2.24. The Bertz CT molecular complexity index is 1200. The summed E-state index contributed by atoms with van der Waals surface area (Å²) in [4.78, 5) is 24.0. The molecule has 2 aliphatic rings. The van der Waals surface area contributed by atoms with E-state index in [1.54, 1.807) is 0 Å². The predicted octanol–water partition coefficient (Wildman–Crippen LogP) is 3.71. The zero-order chi connectivity index (χ0) is 18.5. The van der Waals surface area contributed by atoms with Gasteiger partial charge in [0.1, 0.15) is 11.3 Å². The quantitative estimate of drug-likeness (QED) is 0.748. The van der Waals surface area contributed by atoms with Gasteiger partial charge in [-0.1, -0.05) is 6.07 Å². The van der Waals surface area contributed by atoms with Gasteiger partial charge in [0, 0.05) is 5.56 Å². The summed E-state index contributed by atoms with van der Waals surface area (Å²) in [7, 11) is 0. The molecule has 2 heterocycles. The molecule has 0 saturated heterocycles. The molecule has 0 fully saturated rings. The molecular weight excluding hydrogens is 348 g/mol. The summed E-state index contributed by atoms with van der Waals surface area (Å²) < 4.78 is 16.7. The molecule has 3 aromatic rings. The second-order valence-corrected chi connectivity index (χ2v) is 6.54. The Morgan fingerprint density at radius 3 is 2.74 bits per heavy atom. The van der Waals surface area contributed by atoms with E-state index in [0.717, 1.165) is 16.9 Å².